The molecule has 0 saturated heterocycles. The van der Waals surface area contributed by atoms with Crippen LogP contribution in [0.3, 0.4) is 0 Å². The number of hydrogen-bond acceptors (Lipinski definition) is 4. The molecule has 0 atom stereocenters. The average molecular weight is 440 g/mol. The van der Waals surface area contributed by atoms with Crippen LogP contribution in [-0.4, -0.2) is 19.4 Å². The van der Waals surface area contributed by atoms with E-state index in [0.717, 1.165) is 10.0 Å². The summed E-state index contributed by atoms with van der Waals surface area (Å²) in [5.41, 5.74) is 1.39. The Morgan fingerprint density at radius 2 is 1.68 bits per heavy atom. The smallest absolute Gasteiger partial charge is 0.250 e. The van der Waals surface area contributed by atoms with Gasteiger partial charge in [-0.3, -0.25) is 10.1 Å². The number of sulfonamides is 1. The second-order valence-corrected chi connectivity index (χ2v) is 7.78. The molecule has 1 amide bonds. The van der Waals surface area contributed by atoms with Gasteiger partial charge in [0.15, 0.2) is 5.11 Å². The number of primary sulfonamides is 1. The van der Waals surface area contributed by atoms with E-state index in [2.05, 4.69) is 26.6 Å². The van der Waals surface area contributed by atoms with Crippen LogP contribution in [0, 0.1) is 0 Å². The van der Waals surface area contributed by atoms with Crippen molar-refractivity contribution in [2.45, 2.75) is 4.90 Å². The highest BCUT2D eigenvalue weighted by Gasteiger charge is 2.07. The fourth-order valence-corrected chi connectivity index (χ4v) is 2.79. The Labute approximate surface area is 159 Å². The van der Waals surface area contributed by atoms with Crippen LogP contribution in [0.2, 0.25) is 0 Å². The lowest BCUT2D eigenvalue weighted by molar-refractivity contribution is -0.115. The highest BCUT2D eigenvalue weighted by Crippen LogP contribution is 2.13. The zero-order valence-corrected chi connectivity index (χ0v) is 16.0. The Hall–Kier alpha value is -2.07. The molecule has 25 heavy (non-hydrogen) atoms. The first-order valence-electron chi connectivity index (χ1n) is 6.92. The van der Waals surface area contributed by atoms with Gasteiger partial charge < -0.3 is 5.32 Å². The van der Waals surface area contributed by atoms with Crippen LogP contribution in [0.25, 0.3) is 6.08 Å². The quantitative estimate of drug-likeness (QED) is 0.501. The number of amides is 1. The minimum atomic E-state index is -3.75. The summed E-state index contributed by atoms with van der Waals surface area (Å²) in [5, 5.41) is 10.4. The molecule has 2 aromatic carbocycles. The molecule has 0 aromatic heterocycles. The number of halogens is 1. The van der Waals surface area contributed by atoms with Crippen LogP contribution in [0.4, 0.5) is 5.69 Å². The highest BCUT2D eigenvalue weighted by atomic mass is 79.9. The first-order valence-corrected chi connectivity index (χ1v) is 9.67. The molecule has 0 saturated carbocycles. The fourth-order valence-electron chi connectivity index (χ4n) is 1.79. The van der Waals surface area contributed by atoms with Crippen molar-refractivity contribution in [3.8, 4) is 0 Å². The predicted molar refractivity (Wildman–Crippen MR) is 105 cm³/mol. The van der Waals surface area contributed by atoms with Crippen molar-refractivity contribution in [2.24, 2.45) is 5.14 Å². The van der Waals surface area contributed by atoms with Crippen molar-refractivity contribution in [2.75, 3.05) is 5.32 Å². The van der Waals surface area contributed by atoms with Gasteiger partial charge in [0.1, 0.15) is 0 Å². The van der Waals surface area contributed by atoms with Gasteiger partial charge in [-0.15, -0.1) is 0 Å². The second kappa shape index (κ2) is 8.34. The molecule has 2 rings (SSSR count). The molecule has 2 aromatic rings. The monoisotopic (exact) mass is 439 g/mol. The van der Waals surface area contributed by atoms with Crippen molar-refractivity contribution in [3.63, 3.8) is 0 Å². The van der Waals surface area contributed by atoms with Gasteiger partial charge in [-0.2, -0.15) is 0 Å². The molecule has 0 aliphatic rings. The number of nitrogens with two attached hydrogens (primary N) is 1. The minimum Gasteiger partial charge on any atom is -0.332 e. The molecule has 6 nitrogen and oxygen atoms in total. The normalized spacial score (nSPS) is 11.3. The number of nitrogens with one attached hydrogen (secondary N) is 2. The summed E-state index contributed by atoms with van der Waals surface area (Å²) in [6.45, 7) is 0. The van der Waals surface area contributed by atoms with Crippen LogP contribution in [0.1, 0.15) is 5.56 Å². The van der Waals surface area contributed by atoms with E-state index >= 15 is 0 Å². The average Bonchev–Trinajstić information content (AvgIpc) is 2.54. The third-order valence-electron chi connectivity index (χ3n) is 2.97. The summed E-state index contributed by atoms with van der Waals surface area (Å²) in [7, 11) is -3.75. The Kier molecular flexibility index (Phi) is 6.43. The van der Waals surface area contributed by atoms with Crippen LogP contribution in [-0.2, 0) is 14.8 Å². The first kappa shape index (κ1) is 19.3. The summed E-state index contributed by atoms with van der Waals surface area (Å²) < 4.78 is 23.3. The van der Waals surface area contributed by atoms with E-state index in [4.69, 9.17) is 17.4 Å². The maximum Gasteiger partial charge on any atom is 0.250 e. The van der Waals surface area contributed by atoms with Crippen LogP contribution in [0.5, 0.6) is 0 Å². The molecule has 0 aliphatic carbocycles. The summed E-state index contributed by atoms with van der Waals surface area (Å²) in [6, 6.07) is 13.1. The molecule has 0 unspecified atom stereocenters. The Morgan fingerprint density at radius 3 is 2.24 bits per heavy atom. The Balaban J connectivity index is 1.91. The van der Waals surface area contributed by atoms with Gasteiger partial charge in [-0.1, -0.05) is 28.1 Å². The molecule has 9 heteroatoms. The van der Waals surface area contributed by atoms with Crippen molar-refractivity contribution < 1.29 is 13.2 Å². The SMILES string of the molecule is NS(=O)(=O)c1ccc(NC(=S)NC(=O)/C=C/c2ccc(Br)cc2)cc1. The molecule has 0 bridgehead atoms. The van der Waals surface area contributed by atoms with E-state index in [0.29, 0.717) is 5.69 Å². The topological polar surface area (TPSA) is 101 Å². The van der Waals surface area contributed by atoms with E-state index in [1.807, 2.05) is 24.3 Å². The van der Waals surface area contributed by atoms with Gasteiger partial charge in [0.25, 0.3) is 0 Å². The Morgan fingerprint density at radius 1 is 1.08 bits per heavy atom. The summed E-state index contributed by atoms with van der Waals surface area (Å²) >= 11 is 8.38. The summed E-state index contributed by atoms with van der Waals surface area (Å²) in [5.74, 6) is -0.387. The number of anilines is 1. The lowest BCUT2D eigenvalue weighted by atomic mass is 10.2. The minimum absolute atomic E-state index is 0.00886. The number of hydrogen-bond donors (Lipinski definition) is 3. The molecular formula is C16H14BrN3O3S2. The van der Waals surface area contributed by atoms with Crippen molar-refractivity contribution in [1.82, 2.24) is 5.32 Å². The molecule has 0 spiro atoms. The zero-order valence-electron chi connectivity index (χ0n) is 12.8. The largest absolute Gasteiger partial charge is 0.332 e. The van der Waals surface area contributed by atoms with Gasteiger partial charge in [0.05, 0.1) is 4.90 Å². The van der Waals surface area contributed by atoms with Crippen molar-refractivity contribution in [3.05, 3.63) is 64.6 Å². The maximum atomic E-state index is 11.8. The van der Waals surface area contributed by atoms with E-state index < -0.39 is 10.0 Å². The van der Waals surface area contributed by atoms with E-state index in [-0.39, 0.29) is 15.9 Å². The summed E-state index contributed by atoms with van der Waals surface area (Å²) in [4.78, 5) is 11.8. The fraction of sp³-hybridized carbons (Fsp3) is 0. The third kappa shape index (κ3) is 6.39. The van der Waals surface area contributed by atoms with Crippen LogP contribution >= 0.6 is 28.1 Å². The molecule has 0 fully saturated rings. The molecule has 4 N–H and O–H groups in total. The number of carbonyl (C=O) groups excluding carboxylic acids is 1. The second-order valence-electron chi connectivity index (χ2n) is 4.90. The van der Waals surface area contributed by atoms with Crippen molar-refractivity contribution in [1.29, 1.82) is 0 Å². The number of rotatable bonds is 4. The lowest BCUT2D eigenvalue weighted by Gasteiger charge is -2.08. The maximum absolute atomic E-state index is 11.8. The highest BCUT2D eigenvalue weighted by molar-refractivity contribution is 9.10. The van der Waals surface area contributed by atoms with Gasteiger partial charge in [0, 0.05) is 16.2 Å². The standard InChI is InChI=1S/C16H14BrN3O3S2/c17-12-4-1-11(2-5-12)3-10-15(21)20-16(24)19-13-6-8-14(9-7-13)25(18,22)23/h1-10H,(H2,18,22,23)(H2,19,20,21,24)/b10-3+. The summed E-state index contributed by atoms with van der Waals surface area (Å²) in [6.07, 6.45) is 3.02. The van der Waals surface area contributed by atoms with E-state index in [1.54, 1.807) is 6.08 Å². The lowest BCUT2D eigenvalue weighted by Crippen LogP contribution is -2.32. The van der Waals surface area contributed by atoms with Crippen LogP contribution < -0.4 is 15.8 Å². The van der Waals surface area contributed by atoms with E-state index in [9.17, 15) is 13.2 Å². The number of benzene rings is 2. The van der Waals surface area contributed by atoms with Gasteiger partial charge in [-0.05, 0) is 60.3 Å². The van der Waals surface area contributed by atoms with Gasteiger partial charge >= 0.3 is 0 Å². The first-order chi connectivity index (χ1) is 11.7. The number of carbonyl (C=O) groups is 1. The molecule has 0 heterocycles. The van der Waals surface area contributed by atoms with Gasteiger partial charge in [-0.25, -0.2) is 13.6 Å². The molecule has 0 aliphatic heterocycles. The molecule has 130 valence electrons. The van der Waals surface area contributed by atoms with Crippen LogP contribution in [0.15, 0.2) is 64.0 Å². The molecule has 0 radical (unpaired) electrons. The zero-order chi connectivity index (χ0) is 18.4. The van der Waals surface area contributed by atoms with E-state index in [1.165, 1.54) is 30.3 Å². The van der Waals surface area contributed by atoms with Crippen molar-refractivity contribution >= 4 is 61.0 Å². The Bertz CT molecular complexity index is 909. The predicted octanol–water partition coefficient (Wildman–Crippen LogP) is 2.62. The van der Waals surface area contributed by atoms with Gasteiger partial charge in [0.2, 0.25) is 15.9 Å². The molecular weight excluding hydrogens is 426 g/mol. The third-order valence-corrected chi connectivity index (χ3v) is 4.64. The number of thiocarbonyl (C=S) groups is 1.